The number of thiocarbonyl (C=S) groups is 1. The maximum atomic E-state index is 12.6. The maximum absolute atomic E-state index is 12.6. The third-order valence-electron chi connectivity index (χ3n) is 3.86. The number of nitrogens with zero attached hydrogens (tertiary/aromatic N) is 3. The van der Waals surface area contributed by atoms with Crippen LogP contribution < -0.4 is 5.32 Å². The Morgan fingerprint density at radius 1 is 1.54 bits per heavy atom. The Hall–Kier alpha value is -2.39. The molecule has 1 aliphatic heterocycles. The van der Waals surface area contributed by atoms with Crippen molar-refractivity contribution in [2.75, 3.05) is 6.54 Å². The van der Waals surface area contributed by atoms with Gasteiger partial charge in [0.05, 0.1) is 17.5 Å². The largest absolute Gasteiger partial charge is 0.465 e. The molecular formula is C17H18N4O3S2. The molecule has 0 aromatic carbocycles. The molecule has 1 atom stereocenters. The summed E-state index contributed by atoms with van der Waals surface area (Å²) in [6.07, 6.45) is 9.25. The summed E-state index contributed by atoms with van der Waals surface area (Å²) in [4.78, 5) is 30.7. The predicted octanol–water partition coefficient (Wildman–Crippen LogP) is 2.27. The Morgan fingerprint density at radius 2 is 2.38 bits per heavy atom. The first-order valence-corrected chi connectivity index (χ1v) is 9.33. The average molecular weight is 390 g/mol. The molecule has 26 heavy (non-hydrogen) atoms. The molecular weight excluding hydrogens is 372 g/mol. The van der Waals surface area contributed by atoms with Crippen molar-refractivity contribution in [1.82, 2.24) is 19.8 Å². The molecule has 2 aromatic heterocycles. The number of furan rings is 1. The van der Waals surface area contributed by atoms with Crippen LogP contribution in [0.25, 0.3) is 6.08 Å². The van der Waals surface area contributed by atoms with Crippen LogP contribution in [0.1, 0.15) is 19.1 Å². The summed E-state index contributed by atoms with van der Waals surface area (Å²) < 4.78 is 7.54. The number of aryl methyl sites for hydroxylation is 1. The van der Waals surface area contributed by atoms with Crippen LogP contribution in [0.4, 0.5) is 0 Å². The minimum Gasteiger partial charge on any atom is -0.465 e. The van der Waals surface area contributed by atoms with Gasteiger partial charge in [0, 0.05) is 31.6 Å². The first-order chi connectivity index (χ1) is 12.6. The number of amides is 2. The van der Waals surface area contributed by atoms with E-state index in [0.717, 1.165) is 13.0 Å². The van der Waals surface area contributed by atoms with Crippen LogP contribution in [-0.4, -0.2) is 43.2 Å². The van der Waals surface area contributed by atoms with Crippen molar-refractivity contribution < 1.29 is 14.0 Å². The molecule has 1 fully saturated rings. The van der Waals surface area contributed by atoms with Gasteiger partial charge < -0.3 is 14.3 Å². The van der Waals surface area contributed by atoms with E-state index in [1.165, 1.54) is 22.9 Å². The van der Waals surface area contributed by atoms with Gasteiger partial charge in [-0.1, -0.05) is 24.0 Å². The van der Waals surface area contributed by atoms with Crippen LogP contribution in [0.3, 0.4) is 0 Å². The van der Waals surface area contributed by atoms with Crippen LogP contribution in [0.15, 0.2) is 46.4 Å². The minimum atomic E-state index is -0.668. The first kappa shape index (κ1) is 18.4. The Morgan fingerprint density at radius 3 is 3.08 bits per heavy atom. The number of imidazole rings is 1. The van der Waals surface area contributed by atoms with E-state index in [2.05, 4.69) is 10.3 Å². The number of nitrogens with one attached hydrogen (secondary N) is 1. The van der Waals surface area contributed by atoms with Crippen molar-refractivity contribution in [1.29, 1.82) is 0 Å². The van der Waals surface area contributed by atoms with E-state index < -0.39 is 6.04 Å². The second-order valence-electron chi connectivity index (χ2n) is 5.69. The van der Waals surface area contributed by atoms with Gasteiger partial charge in [-0.05, 0) is 25.5 Å². The van der Waals surface area contributed by atoms with Crippen LogP contribution in [0.2, 0.25) is 0 Å². The maximum Gasteiger partial charge on any atom is 0.267 e. The van der Waals surface area contributed by atoms with E-state index in [4.69, 9.17) is 16.6 Å². The van der Waals surface area contributed by atoms with Gasteiger partial charge in [-0.25, -0.2) is 4.98 Å². The van der Waals surface area contributed by atoms with Gasteiger partial charge in [-0.15, -0.1) is 0 Å². The lowest BCUT2D eigenvalue weighted by molar-refractivity contribution is -0.132. The van der Waals surface area contributed by atoms with Crippen molar-refractivity contribution in [2.24, 2.45) is 0 Å². The number of rotatable bonds is 7. The first-order valence-electron chi connectivity index (χ1n) is 8.10. The molecule has 0 radical (unpaired) electrons. The molecule has 1 unspecified atom stereocenters. The van der Waals surface area contributed by atoms with Crippen molar-refractivity contribution in [3.8, 4) is 0 Å². The second kappa shape index (κ2) is 8.33. The molecule has 3 heterocycles. The highest BCUT2D eigenvalue weighted by molar-refractivity contribution is 8.26. The molecule has 0 bridgehead atoms. The summed E-state index contributed by atoms with van der Waals surface area (Å²) in [5.74, 6) is 0.0609. The molecule has 3 rings (SSSR count). The smallest absolute Gasteiger partial charge is 0.267 e. The van der Waals surface area contributed by atoms with Crippen molar-refractivity contribution in [2.45, 2.75) is 25.9 Å². The highest BCUT2D eigenvalue weighted by atomic mass is 32.2. The Kier molecular flexibility index (Phi) is 5.89. The Bertz CT molecular complexity index is 815. The van der Waals surface area contributed by atoms with Gasteiger partial charge in [0.25, 0.3) is 5.91 Å². The lowest BCUT2D eigenvalue weighted by atomic mass is 10.2. The normalized spacial score (nSPS) is 17.1. The third kappa shape index (κ3) is 4.23. The summed E-state index contributed by atoms with van der Waals surface area (Å²) in [7, 11) is 0. The average Bonchev–Trinajstić information content (AvgIpc) is 3.35. The van der Waals surface area contributed by atoms with E-state index in [0.29, 0.717) is 21.5 Å². The summed E-state index contributed by atoms with van der Waals surface area (Å²) >= 11 is 6.45. The zero-order chi connectivity index (χ0) is 18.5. The SMILES string of the molecule is CC(C(=O)NCCCn1ccnc1)N1C(=O)C(=Cc2ccco2)SC1=S. The standard InChI is InChI=1S/C17H18N4O3S2/c1-12(15(22)19-5-3-7-20-8-6-18-11-20)21-16(23)14(26-17(21)25)10-13-4-2-9-24-13/h2,4,6,8-12H,3,5,7H2,1H3,(H,19,22). The number of carbonyl (C=O) groups excluding carboxylic acids is 2. The quantitative estimate of drug-likeness (QED) is 0.444. The van der Waals surface area contributed by atoms with Crippen LogP contribution in [0, 0.1) is 0 Å². The molecule has 0 saturated carbocycles. The molecule has 9 heteroatoms. The predicted molar refractivity (Wildman–Crippen MR) is 103 cm³/mol. The molecule has 1 aliphatic rings. The summed E-state index contributed by atoms with van der Waals surface area (Å²) in [6, 6.07) is 2.83. The van der Waals surface area contributed by atoms with Gasteiger partial charge in [0.15, 0.2) is 0 Å². The molecule has 2 aromatic rings. The Labute approximate surface area is 160 Å². The lowest BCUT2D eigenvalue weighted by Crippen LogP contribution is -2.47. The van der Waals surface area contributed by atoms with E-state index in [-0.39, 0.29) is 11.8 Å². The molecule has 136 valence electrons. The van der Waals surface area contributed by atoms with Crippen molar-refractivity contribution >= 4 is 46.2 Å². The van der Waals surface area contributed by atoms with Gasteiger partial charge in [0.1, 0.15) is 16.1 Å². The number of hydrogen-bond acceptors (Lipinski definition) is 6. The summed E-state index contributed by atoms with van der Waals surface area (Å²) in [6.45, 7) is 2.95. The monoisotopic (exact) mass is 390 g/mol. The topological polar surface area (TPSA) is 80.4 Å². The number of carbonyl (C=O) groups is 2. The lowest BCUT2D eigenvalue weighted by Gasteiger charge is -2.22. The highest BCUT2D eigenvalue weighted by Crippen LogP contribution is 2.33. The molecule has 1 saturated heterocycles. The molecule has 0 spiro atoms. The zero-order valence-electron chi connectivity index (χ0n) is 14.1. The van der Waals surface area contributed by atoms with Gasteiger partial charge >= 0.3 is 0 Å². The van der Waals surface area contributed by atoms with Crippen LogP contribution >= 0.6 is 24.0 Å². The minimum absolute atomic E-state index is 0.230. The molecule has 7 nitrogen and oxygen atoms in total. The van der Waals surface area contributed by atoms with E-state index in [9.17, 15) is 9.59 Å². The highest BCUT2D eigenvalue weighted by Gasteiger charge is 2.38. The number of thioether (sulfide) groups is 1. The van der Waals surface area contributed by atoms with Crippen LogP contribution in [-0.2, 0) is 16.1 Å². The third-order valence-corrected chi connectivity index (χ3v) is 5.19. The fourth-order valence-electron chi connectivity index (χ4n) is 2.47. The van der Waals surface area contributed by atoms with Crippen molar-refractivity contribution in [3.63, 3.8) is 0 Å². The Balaban J connectivity index is 1.54. The number of hydrogen-bond donors (Lipinski definition) is 1. The zero-order valence-corrected chi connectivity index (χ0v) is 15.8. The second-order valence-corrected chi connectivity index (χ2v) is 7.36. The number of aromatic nitrogens is 2. The van der Waals surface area contributed by atoms with Crippen LogP contribution in [0.5, 0.6) is 0 Å². The fourth-order valence-corrected chi connectivity index (χ4v) is 3.87. The van der Waals surface area contributed by atoms with Gasteiger partial charge in [0.2, 0.25) is 5.91 Å². The molecule has 1 N–H and O–H groups in total. The van der Waals surface area contributed by atoms with Crippen molar-refractivity contribution in [3.05, 3.63) is 47.8 Å². The van der Waals surface area contributed by atoms with E-state index in [1.807, 2.05) is 10.8 Å². The summed E-state index contributed by atoms with van der Waals surface area (Å²) in [5.41, 5.74) is 0. The van der Waals surface area contributed by atoms with E-state index >= 15 is 0 Å². The van der Waals surface area contributed by atoms with Gasteiger partial charge in [-0.3, -0.25) is 14.5 Å². The van der Waals surface area contributed by atoms with E-state index in [1.54, 1.807) is 37.7 Å². The molecule has 0 aliphatic carbocycles. The molecule has 2 amide bonds. The fraction of sp³-hybridized carbons (Fsp3) is 0.294. The van der Waals surface area contributed by atoms with Gasteiger partial charge in [-0.2, -0.15) is 0 Å². The summed E-state index contributed by atoms with van der Waals surface area (Å²) in [5, 5.41) is 2.85.